The molecule has 4 rings (SSSR count). The molecule has 0 amide bonds. The summed E-state index contributed by atoms with van der Waals surface area (Å²) < 4.78 is 0. The summed E-state index contributed by atoms with van der Waals surface area (Å²) in [5, 5.41) is 15.2. The number of nitrogens with zero attached hydrogens (tertiary/aromatic N) is 5. The Morgan fingerprint density at radius 2 is 1.66 bits per heavy atom. The Kier molecular flexibility index (Phi) is 5.94. The summed E-state index contributed by atoms with van der Waals surface area (Å²) in [6, 6.07) is 12.2. The zero-order valence-corrected chi connectivity index (χ0v) is 18.9. The minimum atomic E-state index is -0.391. The summed E-state index contributed by atoms with van der Waals surface area (Å²) in [6.45, 7) is 11.1. The normalized spacial score (nSPS) is 13.9. The Morgan fingerprint density at radius 3 is 2.34 bits per heavy atom. The minimum absolute atomic E-state index is 0.0901. The molecule has 8 nitrogen and oxygen atoms in total. The van der Waals surface area contributed by atoms with Gasteiger partial charge in [-0.25, -0.2) is 9.97 Å². The summed E-state index contributed by atoms with van der Waals surface area (Å²) in [5.41, 5.74) is 6.59. The van der Waals surface area contributed by atoms with Gasteiger partial charge in [0.05, 0.1) is 4.92 Å². The second-order valence-corrected chi connectivity index (χ2v) is 8.29. The lowest BCUT2D eigenvalue weighted by atomic mass is 10.1. The van der Waals surface area contributed by atoms with Crippen molar-refractivity contribution in [2.45, 2.75) is 27.7 Å². The first-order chi connectivity index (χ1) is 15.3. The van der Waals surface area contributed by atoms with Crippen molar-refractivity contribution in [3.8, 4) is 0 Å². The number of piperazine rings is 1. The molecule has 0 radical (unpaired) electrons. The van der Waals surface area contributed by atoms with Crippen molar-refractivity contribution in [3.05, 3.63) is 75.1 Å². The Bertz CT molecular complexity index is 1160. The largest absolute Gasteiger partial charge is 0.368 e. The lowest BCUT2D eigenvalue weighted by Crippen LogP contribution is -2.47. The van der Waals surface area contributed by atoms with E-state index in [1.807, 2.05) is 36.9 Å². The third-order valence-electron chi connectivity index (χ3n) is 6.12. The lowest BCUT2D eigenvalue weighted by molar-refractivity contribution is -0.383. The van der Waals surface area contributed by atoms with E-state index in [2.05, 4.69) is 52.2 Å². The second-order valence-electron chi connectivity index (χ2n) is 8.29. The van der Waals surface area contributed by atoms with E-state index < -0.39 is 4.92 Å². The van der Waals surface area contributed by atoms with Gasteiger partial charge in [-0.3, -0.25) is 10.1 Å². The molecule has 1 saturated heterocycles. The van der Waals surface area contributed by atoms with Crippen LogP contribution in [0.3, 0.4) is 0 Å². The number of benzene rings is 2. The van der Waals surface area contributed by atoms with Crippen LogP contribution in [0, 0.1) is 37.8 Å². The first kappa shape index (κ1) is 21.5. The average molecular weight is 433 g/mol. The molecular weight excluding hydrogens is 404 g/mol. The number of anilines is 4. The van der Waals surface area contributed by atoms with Gasteiger partial charge in [-0.05, 0) is 56.5 Å². The molecular formula is C24H28N6O2. The van der Waals surface area contributed by atoms with Gasteiger partial charge in [-0.2, -0.15) is 0 Å². The zero-order valence-electron chi connectivity index (χ0n) is 18.9. The van der Waals surface area contributed by atoms with E-state index in [1.54, 1.807) is 0 Å². The first-order valence-corrected chi connectivity index (χ1v) is 10.7. The van der Waals surface area contributed by atoms with Crippen LogP contribution in [0.15, 0.2) is 42.7 Å². The molecule has 0 bridgehead atoms. The Labute approximate surface area is 188 Å². The van der Waals surface area contributed by atoms with Crippen LogP contribution in [0.4, 0.5) is 28.7 Å². The maximum Gasteiger partial charge on any atom is 0.353 e. The van der Waals surface area contributed by atoms with Gasteiger partial charge in [-0.15, -0.1) is 0 Å². The lowest BCUT2D eigenvalue weighted by Gasteiger charge is -2.37. The highest BCUT2D eigenvalue weighted by Gasteiger charge is 2.30. The van der Waals surface area contributed by atoms with E-state index in [9.17, 15) is 10.1 Å². The smallest absolute Gasteiger partial charge is 0.353 e. The van der Waals surface area contributed by atoms with Crippen LogP contribution in [0.25, 0.3) is 0 Å². The summed E-state index contributed by atoms with van der Waals surface area (Å²) >= 11 is 0. The number of hydrogen-bond donors (Lipinski definition) is 1. The fourth-order valence-corrected chi connectivity index (χ4v) is 4.18. The summed E-state index contributed by atoms with van der Waals surface area (Å²) in [7, 11) is 0. The second kappa shape index (κ2) is 8.82. The van der Waals surface area contributed by atoms with Gasteiger partial charge < -0.3 is 15.1 Å². The van der Waals surface area contributed by atoms with Gasteiger partial charge in [0.25, 0.3) is 0 Å². The monoisotopic (exact) mass is 432 g/mol. The number of hydrogen-bond acceptors (Lipinski definition) is 7. The first-order valence-electron chi connectivity index (χ1n) is 10.7. The predicted molar refractivity (Wildman–Crippen MR) is 128 cm³/mol. The van der Waals surface area contributed by atoms with E-state index in [4.69, 9.17) is 0 Å². The molecule has 1 aliphatic heterocycles. The molecule has 0 unspecified atom stereocenters. The van der Waals surface area contributed by atoms with Gasteiger partial charge in [0.1, 0.15) is 6.33 Å². The van der Waals surface area contributed by atoms with Crippen molar-refractivity contribution in [1.82, 2.24) is 9.97 Å². The van der Waals surface area contributed by atoms with Gasteiger partial charge in [0.2, 0.25) is 11.6 Å². The van der Waals surface area contributed by atoms with Gasteiger partial charge >= 0.3 is 5.69 Å². The van der Waals surface area contributed by atoms with Crippen molar-refractivity contribution >= 4 is 28.7 Å². The minimum Gasteiger partial charge on any atom is -0.368 e. The molecule has 1 fully saturated rings. The molecule has 0 spiro atoms. The molecule has 1 N–H and O–H groups in total. The average Bonchev–Trinajstić information content (AvgIpc) is 2.77. The summed E-state index contributed by atoms with van der Waals surface area (Å²) in [4.78, 5) is 24.5. The number of nitro groups is 1. The number of rotatable bonds is 5. The molecule has 1 aliphatic rings. The summed E-state index contributed by atoms with van der Waals surface area (Å²) in [5.74, 6) is 0.571. The van der Waals surface area contributed by atoms with Crippen molar-refractivity contribution in [3.63, 3.8) is 0 Å². The van der Waals surface area contributed by atoms with Gasteiger partial charge in [0, 0.05) is 37.6 Å². The molecule has 0 saturated carbocycles. The molecule has 3 aromatic rings. The zero-order chi connectivity index (χ0) is 22.8. The van der Waals surface area contributed by atoms with Gasteiger partial charge in [-0.1, -0.05) is 29.8 Å². The standard InChI is InChI=1S/C24H28N6O2/c1-16-8-9-20(18(3)14-16)27-23-22(30(31)32)24(26-15-25-23)29-12-10-28(11-13-29)21-7-5-6-17(2)19(21)4/h5-9,14-15H,10-13H2,1-4H3,(H,25,26,27). The third kappa shape index (κ3) is 4.21. The van der Waals surface area contributed by atoms with E-state index >= 15 is 0 Å². The van der Waals surface area contributed by atoms with Gasteiger partial charge in [0.15, 0.2) is 0 Å². The van der Waals surface area contributed by atoms with Crippen LogP contribution in [0.1, 0.15) is 22.3 Å². The molecule has 0 atom stereocenters. The Hall–Kier alpha value is -3.68. The van der Waals surface area contributed by atoms with Crippen molar-refractivity contribution in [1.29, 1.82) is 0 Å². The van der Waals surface area contributed by atoms with Crippen molar-refractivity contribution in [2.75, 3.05) is 41.3 Å². The Balaban J connectivity index is 1.58. The fourth-order valence-electron chi connectivity index (χ4n) is 4.18. The van der Waals surface area contributed by atoms with Crippen LogP contribution in [0.5, 0.6) is 0 Å². The third-order valence-corrected chi connectivity index (χ3v) is 6.12. The quantitative estimate of drug-likeness (QED) is 0.462. The molecule has 166 valence electrons. The van der Waals surface area contributed by atoms with E-state index in [-0.39, 0.29) is 11.5 Å². The topological polar surface area (TPSA) is 87.4 Å². The molecule has 2 aromatic carbocycles. The molecule has 8 heteroatoms. The molecule has 2 heterocycles. The number of nitrogens with one attached hydrogen (secondary N) is 1. The highest BCUT2D eigenvalue weighted by Crippen LogP contribution is 2.35. The van der Waals surface area contributed by atoms with E-state index in [0.29, 0.717) is 18.9 Å². The molecule has 32 heavy (non-hydrogen) atoms. The van der Waals surface area contributed by atoms with Crippen LogP contribution >= 0.6 is 0 Å². The SMILES string of the molecule is Cc1ccc(Nc2ncnc(N3CCN(c4cccc(C)c4C)CC3)c2[N+](=O)[O-])c(C)c1. The highest BCUT2D eigenvalue weighted by molar-refractivity contribution is 5.75. The summed E-state index contributed by atoms with van der Waals surface area (Å²) in [6.07, 6.45) is 1.39. The predicted octanol–water partition coefficient (Wildman–Crippen LogP) is 4.69. The van der Waals surface area contributed by atoms with Crippen molar-refractivity contribution < 1.29 is 4.92 Å². The molecule has 1 aromatic heterocycles. The number of aryl methyl sites for hydroxylation is 3. The van der Waals surface area contributed by atoms with Crippen LogP contribution in [-0.2, 0) is 0 Å². The maximum absolute atomic E-state index is 12.0. The van der Waals surface area contributed by atoms with Crippen LogP contribution in [-0.4, -0.2) is 41.1 Å². The van der Waals surface area contributed by atoms with Crippen LogP contribution < -0.4 is 15.1 Å². The molecule has 0 aliphatic carbocycles. The highest BCUT2D eigenvalue weighted by atomic mass is 16.6. The number of aromatic nitrogens is 2. The van der Waals surface area contributed by atoms with Crippen LogP contribution in [0.2, 0.25) is 0 Å². The Morgan fingerprint density at radius 1 is 0.938 bits per heavy atom. The van der Waals surface area contributed by atoms with E-state index in [1.165, 1.54) is 23.1 Å². The fraction of sp³-hybridized carbons (Fsp3) is 0.333. The van der Waals surface area contributed by atoms with E-state index in [0.717, 1.165) is 29.9 Å². The van der Waals surface area contributed by atoms with Crippen molar-refractivity contribution in [2.24, 2.45) is 0 Å². The maximum atomic E-state index is 12.0.